The Morgan fingerprint density at radius 2 is 1.47 bits per heavy atom. The highest BCUT2D eigenvalue weighted by molar-refractivity contribution is 5.79. The summed E-state index contributed by atoms with van der Waals surface area (Å²) in [6, 6.07) is 0. The van der Waals surface area contributed by atoms with Crippen LogP contribution in [0.15, 0.2) is 0 Å². The lowest BCUT2D eigenvalue weighted by atomic mass is 10.1. The van der Waals surface area contributed by atoms with Crippen molar-refractivity contribution in [1.82, 2.24) is 0 Å². The third-order valence-corrected chi connectivity index (χ3v) is 3.16. The van der Waals surface area contributed by atoms with Crippen molar-refractivity contribution in [2.24, 2.45) is 5.92 Å². The molecule has 0 radical (unpaired) electrons. The lowest BCUT2D eigenvalue weighted by Crippen LogP contribution is -3.00. The van der Waals surface area contributed by atoms with Gasteiger partial charge < -0.3 is 21.5 Å². The van der Waals surface area contributed by atoms with E-state index in [1.807, 2.05) is 0 Å². The lowest BCUT2D eigenvalue weighted by molar-refractivity contribution is -0.915. The second-order valence-electron chi connectivity index (χ2n) is 4.59. The number of nitrogens with zero attached hydrogens (tertiary/aromatic N) is 1. The van der Waals surface area contributed by atoms with Crippen LogP contribution in [0.5, 0.6) is 0 Å². The van der Waals surface area contributed by atoms with Gasteiger partial charge in [-0.2, -0.15) is 0 Å². The molecule has 0 aromatic carbocycles. The number of quaternary nitrogens is 1. The van der Waals surface area contributed by atoms with Crippen LogP contribution in [0.2, 0.25) is 0 Å². The van der Waals surface area contributed by atoms with Crippen LogP contribution in [-0.2, 0) is 4.79 Å². The topological polar surface area (TPSA) is 17.1 Å². The molecule has 0 saturated carbocycles. The number of Topliss-reactive ketones (excluding diaryl/α,β-unsaturated/α-hetero) is 1. The highest BCUT2D eigenvalue weighted by Gasteiger charge is 2.24. The largest absolute Gasteiger partial charge is 1.00 e. The Bertz CT molecular complexity index is 168. The molecule has 92 valence electrons. The van der Waals surface area contributed by atoms with Gasteiger partial charge in [-0.15, -0.1) is 0 Å². The van der Waals surface area contributed by atoms with Gasteiger partial charge in [-0.25, -0.2) is 0 Å². The number of hydrogen-bond acceptors (Lipinski definition) is 1. The molecule has 0 aliphatic carbocycles. The first-order valence-electron chi connectivity index (χ1n) is 5.86. The van der Waals surface area contributed by atoms with Gasteiger partial charge in [0.15, 0.2) is 5.78 Å². The Balaban J connectivity index is 0. The second kappa shape index (κ2) is 8.28. The average molecular weight is 280 g/mol. The maximum Gasteiger partial charge on any atom is 0.187 e. The van der Waals surface area contributed by atoms with Gasteiger partial charge in [0.1, 0.15) is 6.54 Å². The van der Waals surface area contributed by atoms with Crippen molar-refractivity contribution in [3.05, 3.63) is 0 Å². The SMILES string of the molecule is CC[N+](CC)(CC)CC(=O)CC(C)C.[Br-]. The second-order valence-corrected chi connectivity index (χ2v) is 4.59. The zero-order valence-electron chi connectivity index (χ0n) is 10.8. The number of rotatable bonds is 7. The Hall–Kier alpha value is 0.110. The van der Waals surface area contributed by atoms with Crippen LogP contribution in [-0.4, -0.2) is 36.4 Å². The summed E-state index contributed by atoms with van der Waals surface area (Å²) in [4.78, 5) is 11.7. The van der Waals surface area contributed by atoms with Crippen LogP contribution >= 0.6 is 0 Å². The smallest absolute Gasteiger partial charge is 0.187 e. The van der Waals surface area contributed by atoms with Crippen molar-refractivity contribution < 1.29 is 26.3 Å². The number of carbonyl (C=O) groups is 1. The van der Waals surface area contributed by atoms with Gasteiger partial charge in [-0.3, -0.25) is 4.79 Å². The number of halogens is 1. The third kappa shape index (κ3) is 6.31. The highest BCUT2D eigenvalue weighted by Crippen LogP contribution is 2.09. The first kappa shape index (κ1) is 17.5. The third-order valence-electron chi connectivity index (χ3n) is 3.16. The molecule has 3 heteroatoms. The summed E-state index contributed by atoms with van der Waals surface area (Å²) in [5, 5.41) is 0. The number of hydrogen-bond donors (Lipinski definition) is 0. The summed E-state index contributed by atoms with van der Waals surface area (Å²) in [6.07, 6.45) is 0.736. The molecule has 0 bridgehead atoms. The molecule has 0 atom stereocenters. The molecule has 0 amide bonds. The lowest BCUT2D eigenvalue weighted by Gasteiger charge is -2.35. The van der Waals surface area contributed by atoms with E-state index in [2.05, 4.69) is 34.6 Å². The monoisotopic (exact) mass is 279 g/mol. The van der Waals surface area contributed by atoms with Crippen molar-refractivity contribution in [1.29, 1.82) is 0 Å². The van der Waals surface area contributed by atoms with E-state index in [1.165, 1.54) is 0 Å². The van der Waals surface area contributed by atoms with Crippen molar-refractivity contribution in [3.8, 4) is 0 Å². The van der Waals surface area contributed by atoms with Gasteiger partial charge in [0.2, 0.25) is 0 Å². The van der Waals surface area contributed by atoms with Gasteiger partial charge in [-0.1, -0.05) is 13.8 Å². The Labute approximate surface area is 105 Å². The van der Waals surface area contributed by atoms with E-state index < -0.39 is 0 Å². The molecule has 0 fully saturated rings. The Morgan fingerprint density at radius 1 is 1.07 bits per heavy atom. The van der Waals surface area contributed by atoms with Gasteiger partial charge in [0.05, 0.1) is 19.6 Å². The molecule has 0 unspecified atom stereocenters. The van der Waals surface area contributed by atoms with Gasteiger partial charge in [-0.05, 0) is 26.7 Å². The van der Waals surface area contributed by atoms with Crippen LogP contribution < -0.4 is 17.0 Å². The first-order valence-corrected chi connectivity index (χ1v) is 5.86. The van der Waals surface area contributed by atoms with Crippen LogP contribution in [0, 0.1) is 5.92 Å². The van der Waals surface area contributed by atoms with Crippen LogP contribution in [0.1, 0.15) is 41.0 Å². The molecular formula is C12H26BrNO. The fourth-order valence-electron chi connectivity index (χ4n) is 1.90. The molecule has 0 N–H and O–H groups in total. The summed E-state index contributed by atoms with van der Waals surface area (Å²) < 4.78 is 0.950. The molecule has 0 aliphatic rings. The van der Waals surface area contributed by atoms with Crippen molar-refractivity contribution in [2.75, 3.05) is 26.2 Å². The van der Waals surface area contributed by atoms with Crippen LogP contribution in [0.3, 0.4) is 0 Å². The first-order chi connectivity index (χ1) is 6.49. The van der Waals surface area contributed by atoms with E-state index in [0.717, 1.165) is 37.1 Å². The van der Waals surface area contributed by atoms with Crippen molar-refractivity contribution >= 4 is 5.78 Å². The minimum Gasteiger partial charge on any atom is -1.00 e. The Morgan fingerprint density at radius 3 is 1.73 bits per heavy atom. The summed E-state index contributed by atoms with van der Waals surface area (Å²) in [6.45, 7) is 14.7. The summed E-state index contributed by atoms with van der Waals surface area (Å²) >= 11 is 0. The predicted molar refractivity (Wildman–Crippen MR) is 61.2 cm³/mol. The zero-order chi connectivity index (χ0) is 11.2. The number of likely N-dealkylation sites (N-methyl/N-ethyl adjacent to an activating group) is 1. The normalized spacial score (nSPS) is 11.3. The maximum atomic E-state index is 11.7. The van der Waals surface area contributed by atoms with E-state index in [9.17, 15) is 4.79 Å². The Kier molecular flexibility index (Phi) is 9.67. The quantitative estimate of drug-likeness (QED) is 0.574. The van der Waals surface area contributed by atoms with Crippen LogP contribution in [0.25, 0.3) is 0 Å². The minimum atomic E-state index is 0. The van der Waals surface area contributed by atoms with Gasteiger partial charge in [0, 0.05) is 6.42 Å². The summed E-state index contributed by atoms with van der Waals surface area (Å²) in [5.41, 5.74) is 0. The molecule has 0 aromatic rings. The zero-order valence-corrected chi connectivity index (χ0v) is 12.4. The van der Waals surface area contributed by atoms with E-state index in [4.69, 9.17) is 0 Å². The van der Waals surface area contributed by atoms with E-state index in [1.54, 1.807) is 0 Å². The standard InChI is InChI=1S/C12H26NO.BrH/c1-6-13(7-2,8-3)10-12(14)9-11(4)5;/h11H,6-10H2,1-5H3;1H/q+1;/p-1. The molecule has 0 spiro atoms. The molecule has 0 aliphatic heterocycles. The predicted octanol–water partition coefficient (Wildman–Crippen LogP) is -0.518. The van der Waals surface area contributed by atoms with Gasteiger partial charge >= 0.3 is 0 Å². The summed E-state index contributed by atoms with van der Waals surface area (Å²) in [5.74, 6) is 0.917. The minimum absolute atomic E-state index is 0. The fraction of sp³-hybridized carbons (Fsp3) is 0.917. The molecule has 0 aromatic heterocycles. The molecular weight excluding hydrogens is 254 g/mol. The fourth-order valence-corrected chi connectivity index (χ4v) is 1.90. The molecule has 15 heavy (non-hydrogen) atoms. The highest BCUT2D eigenvalue weighted by atomic mass is 79.9. The molecule has 0 rings (SSSR count). The maximum absolute atomic E-state index is 11.7. The van der Waals surface area contributed by atoms with E-state index in [0.29, 0.717) is 11.7 Å². The molecule has 0 heterocycles. The van der Waals surface area contributed by atoms with Crippen LogP contribution in [0.4, 0.5) is 0 Å². The van der Waals surface area contributed by atoms with Gasteiger partial charge in [0.25, 0.3) is 0 Å². The number of carbonyl (C=O) groups excluding carboxylic acids is 1. The molecule has 2 nitrogen and oxygen atoms in total. The molecule has 0 saturated heterocycles. The number of ketones is 1. The van der Waals surface area contributed by atoms with Crippen molar-refractivity contribution in [3.63, 3.8) is 0 Å². The average Bonchev–Trinajstić information content (AvgIpc) is 2.13. The van der Waals surface area contributed by atoms with E-state index >= 15 is 0 Å². The van der Waals surface area contributed by atoms with Crippen molar-refractivity contribution in [2.45, 2.75) is 41.0 Å². The van der Waals surface area contributed by atoms with E-state index in [-0.39, 0.29) is 17.0 Å². The summed E-state index contributed by atoms with van der Waals surface area (Å²) in [7, 11) is 0.